The van der Waals surface area contributed by atoms with Crippen LogP contribution in [0.25, 0.3) is 21.8 Å². The van der Waals surface area contributed by atoms with Gasteiger partial charge in [-0.25, -0.2) is 4.21 Å². The molecule has 14 heteroatoms. The molecule has 2 heterocycles. The van der Waals surface area contributed by atoms with Gasteiger partial charge in [0.15, 0.2) is 0 Å². The van der Waals surface area contributed by atoms with Gasteiger partial charge in [-0.3, -0.25) is 14.8 Å². The molecular weight excluding hydrogens is 784 g/mol. The van der Waals surface area contributed by atoms with Crippen molar-refractivity contribution in [3.05, 3.63) is 126 Å². The number of carbonyl (C=O) groups is 1. The van der Waals surface area contributed by atoms with Crippen LogP contribution >= 0.6 is 15.9 Å². The van der Waals surface area contributed by atoms with E-state index in [0.717, 1.165) is 43.3 Å². The SMILES string of the molecule is COc1cc(O)cc(Nc2ccnc3ccc(Br)cc23)c1.COc1cc(O)cc(Nc2ccnc3ccc(N=S(C)(=O)c4cccc(NC(C)=O)c4)cc23)c1. The third-order valence-corrected chi connectivity index (χ3v) is 10.3. The number of benzene rings is 5. The molecule has 0 aliphatic rings. The van der Waals surface area contributed by atoms with Crippen LogP contribution in [0, 0.1) is 0 Å². The summed E-state index contributed by atoms with van der Waals surface area (Å²) >= 11 is 3.47. The maximum atomic E-state index is 13.5. The van der Waals surface area contributed by atoms with Crippen LogP contribution in [0.2, 0.25) is 0 Å². The van der Waals surface area contributed by atoms with E-state index in [1.54, 1.807) is 80.4 Å². The topological polar surface area (TPSA) is 167 Å². The third kappa shape index (κ3) is 9.79. The number of ether oxygens (including phenoxy) is 2. The Bertz CT molecular complexity index is 2670. The number of halogens is 1. The summed E-state index contributed by atoms with van der Waals surface area (Å²) < 4.78 is 29.4. The van der Waals surface area contributed by atoms with E-state index >= 15 is 0 Å². The number of phenolic OH excluding ortho intramolecular Hbond substituents is 2. The zero-order valence-corrected chi connectivity index (χ0v) is 32.6. The maximum Gasteiger partial charge on any atom is 0.221 e. The van der Waals surface area contributed by atoms with Gasteiger partial charge in [0.1, 0.15) is 23.0 Å². The summed E-state index contributed by atoms with van der Waals surface area (Å²) in [6.07, 6.45) is 4.99. The summed E-state index contributed by atoms with van der Waals surface area (Å²) in [7, 11) is 0.304. The number of rotatable bonds is 9. The standard InChI is InChI=1S/C25H24N4O4S.C16H13BrN2O2/c1-16(30)27-17-5-4-6-22(13-17)34(3,32)29-18-7-8-24-23(14-18)25(9-10-26-24)28-19-11-20(31)15-21(12-19)33-2;1-21-13-8-11(7-12(20)9-13)19-16-4-5-18-15-3-2-10(17)6-14(15)16/h4-15,31H,1-3H3,(H,26,28)(H,27,30);2-9,20H,1H3,(H,18,19). The van der Waals surface area contributed by atoms with E-state index in [0.29, 0.717) is 33.5 Å². The molecule has 5 aromatic carbocycles. The highest BCUT2D eigenvalue weighted by molar-refractivity contribution is 9.10. The van der Waals surface area contributed by atoms with Crippen LogP contribution in [-0.4, -0.2) is 50.8 Å². The summed E-state index contributed by atoms with van der Waals surface area (Å²) in [6, 6.07) is 31.8. The highest BCUT2D eigenvalue weighted by atomic mass is 79.9. The number of hydrogen-bond acceptors (Lipinski definition) is 11. The molecule has 7 aromatic rings. The lowest BCUT2D eigenvalue weighted by Gasteiger charge is -2.12. The second-order valence-electron chi connectivity index (χ2n) is 12.3. The Labute approximate surface area is 326 Å². The molecule has 12 nitrogen and oxygen atoms in total. The van der Waals surface area contributed by atoms with Crippen LogP contribution in [-0.2, 0) is 14.5 Å². The van der Waals surface area contributed by atoms with Crippen LogP contribution in [0.3, 0.4) is 0 Å². The summed E-state index contributed by atoms with van der Waals surface area (Å²) in [5.41, 5.74) is 5.75. The first-order valence-electron chi connectivity index (χ1n) is 16.7. The second kappa shape index (κ2) is 16.7. The van der Waals surface area contributed by atoms with Crippen molar-refractivity contribution in [2.45, 2.75) is 11.8 Å². The molecule has 5 N–H and O–H groups in total. The van der Waals surface area contributed by atoms with Crippen LogP contribution in [0.5, 0.6) is 23.0 Å². The van der Waals surface area contributed by atoms with E-state index in [-0.39, 0.29) is 17.4 Å². The van der Waals surface area contributed by atoms with Gasteiger partial charge >= 0.3 is 0 Å². The molecule has 0 spiro atoms. The Hall–Kier alpha value is -6.38. The van der Waals surface area contributed by atoms with E-state index < -0.39 is 9.73 Å². The van der Waals surface area contributed by atoms with Gasteiger partial charge in [0.25, 0.3) is 0 Å². The van der Waals surface area contributed by atoms with Crippen molar-refractivity contribution in [3.8, 4) is 23.0 Å². The molecular formula is C41H37BrN6O6S. The minimum Gasteiger partial charge on any atom is -0.508 e. The number of methoxy groups -OCH3 is 2. The van der Waals surface area contributed by atoms with Gasteiger partial charge in [-0.1, -0.05) is 22.0 Å². The van der Waals surface area contributed by atoms with Gasteiger partial charge < -0.3 is 35.6 Å². The van der Waals surface area contributed by atoms with E-state index in [4.69, 9.17) is 9.47 Å². The first kappa shape index (κ1) is 38.3. The zero-order chi connectivity index (χ0) is 39.1. The molecule has 0 aliphatic carbocycles. The molecule has 1 atom stereocenters. The van der Waals surface area contributed by atoms with Gasteiger partial charge in [0, 0.05) is 111 Å². The largest absolute Gasteiger partial charge is 0.508 e. The van der Waals surface area contributed by atoms with Crippen LogP contribution < -0.4 is 25.4 Å². The van der Waals surface area contributed by atoms with Gasteiger partial charge in [-0.05, 0) is 66.7 Å². The fraction of sp³-hybridized carbons (Fsp3) is 0.0976. The number of nitrogens with zero attached hydrogens (tertiary/aromatic N) is 3. The quantitative estimate of drug-likeness (QED) is 0.0946. The van der Waals surface area contributed by atoms with Crippen molar-refractivity contribution in [1.29, 1.82) is 0 Å². The van der Waals surface area contributed by atoms with Gasteiger partial charge in [-0.2, -0.15) is 4.36 Å². The molecule has 0 aliphatic heterocycles. The van der Waals surface area contributed by atoms with E-state index in [9.17, 15) is 19.2 Å². The van der Waals surface area contributed by atoms with Crippen molar-refractivity contribution in [2.75, 3.05) is 36.4 Å². The third-order valence-electron chi connectivity index (χ3n) is 8.11. The minimum absolute atomic E-state index is 0.0723. The lowest BCUT2D eigenvalue weighted by Crippen LogP contribution is -2.06. The Morgan fingerprint density at radius 1 is 0.709 bits per heavy atom. The van der Waals surface area contributed by atoms with Crippen molar-refractivity contribution in [1.82, 2.24) is 9.97 Å². The summed E-state index contributed by atoms with van der Waals surface area (Å²) in [4.78, 5) is 20.6. The van der Waals surface area contributed by atoms with Crippen molar-refractivity contribution >= 4 is 87.5 Å². The molecule has 0 bridgehead atoms. The van der Waals surface area contributed by atoms with E-state index in [1.165, 1.54) is 20.1 Å². The molecule has 0 saturated carbocycles. The predicted octanol–water partition coefficient (Wildman–Crippen LogP) is 9.89. The number of pyridine rings is 2. The van der Waals surface area contributed by atoms with Gasteiger partial charge in [0.2, 0.25) is 5.91 Å². The smallest absolute Gasteiger partial charge is 0.221 e. The molecule has 1 unspecified atom stereocenters. The first-order valence-corrected chi connectivity index (χ1v) is 19.4. The maximum absolute atomic E-state index is 13.5. The van der Waals surface area contributed by atoms with Crippen molar-refractivity contribution in [3.63, 3.8) is 0 Å². The number of nitrogens with one attached hydrogen (secondary N) is 3. The number of aromatic nitrogens is 2. The fourth-order valence-corrected chi connectivity index (χ4v) is 7.31. The highest BCUT2D eigenvalue weighted by Crippen LogP contribution is 2.34. The molecule has 0 fully saturated rings. The Kier molecular flexibility index (Phi) is 11.7. The fourth-order valence-electron chi connectivity index (χ4n) is 5.65. The predicted molar refractivity (Wildman–Crippen MR) is 222 cm³/mol. The number of aromatic hydroxyl groups is 2. The molecule has 0 saturated heterocycles. The Morgan fingerprint density at radius 3 is 1.84 bits per heavy atom. The number of fused-ring (bicyclic) bond motifs is 2. The first-order chi connectivity index (χ1) is 26.4. The second-order valence-corrected chi connectivity index (χ2v) is 15.4. The normalized spacial score (nSPS) is 11.8. The van der Waals surface area contributed by atoms with Gasteiger partial charge in [-0.15, -0.1) is 0 Å². The average molecular weight is 822 g/mol. The highest BCUT2D eigenvalue weighted by Gasteiger charge is 2.11. The Balaban J connectivity index is 0.000000209. The molecule has 1 amide bonds. The van der Waals surface area contributed by atoms with Crippen molar-refractivity contribution < 1.29 is 28.7 Å². The number of carbonyl (C=O) groups excluding carboxylic acids is 1. The minimum atomic E-state index is -2.79. The molecule has 7 rings (SSSR count). The average Bonchev–Trinajstić information content (AvgIpc) is 3.15. The zero-order valence-electron chi connectivity index (χ0n) is 30.2. The lowest BCUT2D eigenvalue weighted by molar-refractivity contribution is -0.114. The van der Waals surface area contributed by atoms with E-state index in [2.05, 4.69) is 46.2 Å². The summed E-state index contributed by atoms with van der Waals surface area (Å²) in [5.74, 6) is 1.13. The van der Waals surface area contributed by atoms with Gasteiger partial charge in [0.05, 0.1) is 40.7 Å². The Morgan fingerprint density at radius 2 is 1.27 bits per heavy atom. The number of phenols is 2. The van der Waals surface area contributed by atoms with Crippen LogP contribution in [0.4, 0.5) is 34.1 Å². The summed E-state index contributed by atoms with van der Waals surface area (Å²) in [5, 5.41) is 30.7. The van der Waals surface area contributed by atoms with E-state index in [1.807, 2.05) is 48.5 Å². The number of anilines is 5. The number of amides is 1. The van der Waals surface area contributed by atoms with Crippen molar-refractivity contribution in [2.24, 2.45) is 4.36 Å². The van der Waals surface area contributed by atoms with Crippen LogP contribution in [0.15, 0.2) is 135 Å². The monoisotopic (exact) mass is 820 g/mol. The molecule has 2 aromatic heterocycles. The lowest BCUT2D eigenvalue weighted by atomic mass is 10.1. The molecule has 280 valence electrons. The van der Waals surface area contributed by atoms with Crippen LogP contribution in [0.1, 0.15) is 6.92 Å². The molecule has 55 heavy (non-hydrogen) atoms. The molecule has 0 radical (unpaired) electrons. The summed E-state index contributed by atoms with van der Waals surface area (Å²) in [6.45, 7) is 1.42. The number of hydrogen-bond donors (Lipinski definition) is 5.